The first-order chi connectivity index (χ1) is 18.5. The summed E-state index contributed by atoms with van der Waals surface area (Å²) in [4.78, 5) is 12.4. The average Bonchev–Trinajstić information content (AvgIpc) is 3.40. The van der Waals surface area contributed by atoms with E-state index in [0.29, 0.717) is 31.6 Å². The van der Waals surface area contributed by atoms with Crippen LogP contribution in [-0.4, -0.2) is 45.4 Å². The Morgan fingerprint density at radius 1 is 1.02 bits per heavy atom. The van der Waals surface area contributed by atoms with Crippen LogP contribution in [0, 0.1) is 19.7 Å². The first kappa shape index (κ1) is 30.5. The molecule has 1 aliphatic heterocycles. The fraction of sp³-hybridized carbons (Fsp3) is 0.594. The summed E-state index contributed by atoms with van der Waals surface area (Å²) in [6, 6.07) is 7.03. The summed E-state index contributed by atoms with van der Waals surface area (Å²) >= 11 is 0. The lowest BCUT2D eigenvalue weighted by molar-refractivity contribution is 0.0503. The predicted molar refractivity (Wildman–Crippen MR) is 159 cm³/mol. The van der Waals surface area contributed by atoms with E-state index in [4.69, 9.17) is 18.6 Å². The molecule has 0 radical (unpaired) electrons. The van der Waals surface area contributed by atoms with Gasteiger partial charge in [0.15, 0.2) is 8.32 Å². The van der Waals surface area contributed by atoms with Crippen LogP contribution in [0.15, 0.2) is 24.3 Å². The highest BCUT2D eigenvalue weighted by atomic mass is 28.4. The van der Waals surface area contributed by atoms with Gasteiger partial charge in [-0.1, -0.05) is 26.8 Å². The number of carbonyl (C=O) groups excluding carboxylic acids is 1. The molecule has 6 nitrogen and oxygen atoms in total. The van der Waals surface area contributed by atoms with E-state index in [1.807, 2.05) is 39.0 Å². The van der Waals surface area contributed by atoms with E-state index in [0.717, 1.165) is 33.6 Å². The lowest BCUT2D eigenvalue weighted by Crippen LogP contribution is -2.48. The largest absolute Gasteiger partial charge is 0.485 e. The maximum Gasteiger partial charge on any atom is 0.408 e. The molecular weight excluding hydrogens is 525 g/mol. The number of hydrogen-bond donors (Lipinski definition) is 1. The van der Waals surface area contributed by atoms with Crippen LogP contribution in [-0.2, 0) is 20.3 Å². The Hall–Kier alpha value is -2.42. The molecule has 0 spiro atoms. The Morgan fingerprint density at radius 2 is 1.65 bits per heavy atom. The molecule has 1 N–H and O–H groups in total. The van der Waals surface area contributed by atoms with Gasteiger partial charge in [-0.05, 0) is 112 Å². The normalized spacial score (nSPS) is 21.3. The van der Waals surface area contributed by atoms with E-state index < -0.39 is 26.1 Å². The Bertz CT molecular complexity index is 1240. The number of alkyl carbamates (subject to hydrolysis) is 1. The Labute approximate surface area is 240 Å². The molecule has 1 amide bonds. The molecule has 4 rings (SSSR count). The van der Waals surface area contributed by atoms with E-state index in [2.05, 4.69) is 53.0 Å². The molecule has 1 saturated heterocycles. The Balaban J connectivity index is 1.57. The number of benzene rings is 2. The molecule has 220 valence electrons. The van der Waals surface area contributed by atoms with Gasteiger partial charge in [-0.2, -0.15) is 0 Å². The van der Waals surface area contributed by atoms with E-state index in [9.17, 15) is 4.79 Å². The van der Waals surface area contributed by atoms with Crippen LogP contribution < -0.4 is 10.1 Å². The second-order valence-electron chi connectivity index (χ2n) is 13.8. The average molecular weight is 572 g/mol. The maximum absolute atomic E-state index is 15.1. The second-order valence-corrected chi connectivity index (χ2v) is 18.5. The Kier molecular flexibility index (Phi) is 8.47. The fourth-order valence-corrected chi connectivity index (χ4v) is 6.76. The number of nitrogens with one attached hydrogen (secondary N) is 1. The number of hydrogen-bond acceptors (Lipinski definition) is 5. The molecule has 3 atom stereocenters. The minimum Gasteiger partial charge on any atom is -0.485 e. The fourth-order valence-electron chi connectivity index (χ4n) is 5.43. The third-order valence-electron chi connectivity index (χ3n) is 8.32. The molecule has 1 fully saturated rings. The molecular formula is C32H46FNO5Si. The zero-order valence-electron chi connectivity index (χ0n) is 25.8. The first-order valence-corrected chi connectivity index (χ1v) is 17.2. The number of ether oxygens (including phenoxy) is 3. The highest BCUT2D eigenvalue weighted by Crippen LogP contribution is 2.43. The van der Waals surface area contributed by atoms with Gasteiger partial charge in [-0.3, -0.25) is 0 Å². The van der Waals surface area contributed by atoms with Gasteiger partial charge < -0.3 is 24.0 Å². The van der Waals surface area contributed by atoms with Gasteiger partial charge >= 0.3 is 6.09 Å². The van der Waals surface area contributed by atoms with Crippen molar-refractivity contribution in [2.75, 3.05) is 13.2 Å². The minimum atomic E-state index is -1.97. The summed E-state index contributed by atoms with van der Waals surface area (Å²) in [6.07, 6.45) is 0.491. The number of aryl methyl sites for hydroxylation is 2. The highest BCUT2D eigenvalue weighted by molar-refractivity contribution is 6.74. The smallest absolute Gasteiger partial charge is 0.408 e. The number of fused-ring (bicyclic) bond motifs is 1. The molecule has 2 aliphatic rings. The number of carbonyl (C=O) groups is 1. The van der Waals surface area contributed by atoms with Gasteiger partial charge in [-0.25, -0.2) is 9.18 Å². The van der Waals surface area contributed by atoms with Crippen molar-refractivity contribution in [1.82, 2.24) is 5.32 Å². The molecule has 2 aromatic carbocycles. The van der Waals surface area contributed by atoms with Crippen molar-refractivity contribution in [2.45, 2.75) is 110 Å². The van der Waals surface area contributed by atoms with Crippen LogP contribution in [0.1, 0.15) is 76.3 Å². The van der Waals surface area contributed by atoms with Crippen molar-refractivity contribution in [3.05, 3.63) is 52.3 Å². The maximum atomic E-state index is 15.1. The van der Waals surface area contributed by atoms with Crippen LogP contribution in [0.3, 0.4) is 0 Å². The van der Waals surface area contributed by atoms with Gasteiger partial charge in [0.2, 0.25) is 0 Å². The highest BCUT2D eigenvalue weighted by Gasteiger charge is 2.43. The molecule has 0 unspecified atom stereocenters. The third-order valence-corrected chi connectivity index (χ3v) is 12.8. The second kappa shape index (κ2) is 11.1. The lowest BCUT2D eigenvalue weighted by atomic mass is 9.90. The van der Waals surface area contributed by atoms with E-state index >= 15 is 4.39 Å². The SMILES string of the molecule is Cc1cc(O[C@@H]2COC[C@H]2O[Si](C)(C)C(C)(C)C)cc(C)c1-c1ccc(F)c2c1CC[C@H]2NC(=O)OC(C)(C)C. The molecule has 8 heteroatoms. The minimum absolute atomic E-state index is 0.101. The number of rotatable bonds is 6. The van der Waals surface area contributed by atoms with Crippen LogP contribution in [0.4, 0.5) is 9.18 Å². The van der Waals surface area contributed by atoms with Crippen molar-refractivity contribution < 1.29 is 27.8 Å². The van der Waals surface area contributed by atoms with Gasteiger partial charge in [0.25, 0.3) is 0 Å². The molecule has 1 heterocycles. The molecule has 2 aromatic rings. The number of halogens is 1. The molecule has 0 saturated carbocycles. The van der Waals surface area contributed by atoms with Crippen molar-refractivity contribution in [2.24, 2.45) is 0 Å². The molecule has 0 bridgehead atoms. The van der Waals surface area contributed by atoms with E-state index in [1.165, 1.54) is 6.07 Å². The van der Waals surface area contributed by atoms with Gasteiger partial charge in [0, 0.05) is 5.56 Å². The Morgan fingerprint density at radius 3 is 2.25 bits per heavy atom. The van der Waals surface area contributed by atoms with E-state index in [-0.39, 0.29) is 23.1 Å². The molecule has 1 aliphatic carbocycles. The van der Waals surface area contributed by atoms with Crippen LogP contribution in [0.2, 0.25) is 18.1 Å². The topological polar surface area (TPSA) is 66.0 Å². The van der Waals surface area contributed by atoms with Gasteiger partial charge in [0.1, 0.15) is 29.4 Å². The summed E-state index contributed by atoms with van der Waals surface area (Å²) in [6.45, 7) is 21.8. The van der Waals surface area contributed by atoms with Gasteiger partial charge in [0.05, 0.1) is 19.3 Å². The lowest BCUT2D eigenvalue weighted by Gasteiger charge is -2.39. The monoisotopic (exact) mass is 571 g/mol. The summed E-state index contributed by atoms with van der Waals surface area (Å²) in [5.74, 6) is 0.475. The summed E-state index contributed by atoms with van der Waals surface area (Å²) in [7, 11) is -1.97. The van der Waals surface area contributed by atoms with E-state index in [1.54, 1.807) is 0 Å². The zero-order valence-corrected chi connectivity index (χ0v) is 26.8. The predicted octanol–water partition coefficient (Wildman–Crippen LogP) is 7.79. The summed E-state index contributed by atoms with van der Waals surface area (Å²) in [5.41, 5.74) is 5.03. The summed E-state index contributed by atoms with van der Waals surface area (Å²) < 4.78 is 39.4. The first-order valence-electron chi connectivity index (χ1n) is 14.3. The third kappa shape index (κ3) is 6.55. The molecule has 0 aromatic heterocycles. The van der Waals surface area contributed by atoms with Crippen LogP contribution in [0.5, 0.6) is 5.75 Å². The van der Waals surface area contributed by atoms with Crippen molar-refractivity contribution in [3.8, 4) is 16.9 Å². The van der Waals surface area contributed by atoms with Crippen LogP contribution in [0.25, 0.3) is 11.1 Å². The van der Waals surface area contributed by atoms with Crippen molar-refractivity contribution in [1.29, 1.82) is 0 Å². The van der Waals surface area contributed by atoms with Crippen molar-refractivity contribution in [3.63, 3.8) is 0 Å². The zero-order chi connectivity index (χ0) is 29.6. The van der Waals surface area contributed by atoms with Gasteiger partial charge in [-0.15, -0.1) is 0 Å². The number of amides is 1. The van der Waals surface area contributed by atoms with Crippen molar-refractivity contribution >= 4 is 14.4 Å². The standard InChI is InChI=1S/C32H46FNO5Si/c1-19-15-21(37-26-17-36-18-27(26)39-40(9,10)32(6,7)8)16-20(2)28(19)22-11-13-24(33)29-23(22)12-14-25(29)34-30(35)38-31(3,4)5/h11,13,15-16,25-27H,12,14,17-18H2,1-10H3,(H,34,35)/t25-,26-,27-/m1/s1. The summed E-state index contributed by atoms with van der Waals surface area (Å²) in [5, 5.41) is 2.98. The quantitative estimate of drug-likeness (QED) is 0.359. The molecule has 40 heavy (non-hydrogen) atoms. The van der Waals surface area contributed by atoms with Crippen LogP contribution >= 0.6 is 0 Å².